The fraction of sp³-hybridized carbons (Fsp3) is 0.273. The molecule has 4 rings (SSSR count). The van der Waals surface area contributed by atoms with Crippen LogP contribution in [0.3, 0.4) is 0 Å². The first-order valence-corrected chi connectivity index (χ1v) is 11.4. The maximum absolute atomic E-state index is 13.5. The summed E-state index contributed by atoms with van der Waals surface area (Å²) in [7, 11) is 0. The minimum absolute atomic E-state index is 0.0152. The fourth-order valence-electron chi connectivity index (χ4n) is 3.47. The molecule has 37 heavy (non-hydrogen) atoms. The Labute approximate surface area is 216 Å². The highest BCUT2D eigenvalue weighted by atomic mass is 35.5. The lowest BCUT2D eigenvalue weighted by Crippen LogP contribution is -2.37. The maximum atomic E-state index is 13.5. The molecule has 0 saturated heterocycles. The molecule has 2 N–H and O–H groups in total. The Hall–Kier alpha value is -3.26. The van der Waals surface area contributed by atoms with Crippen molar-refractivity contribution in [3.8, 4) is 17.1 Å². The van der Waals surface area contributed by atoms with Crippen molar-refractivity contribution in [1.82, 2.24) is 29.1 Å². The second kappa shape index (κ2) is 10.2. The molecule has 0 bridgehead atoms. The number of aliphatic hydroxyl groups is 2. The minimum Gasteiger partial charge on any atom is -0.385 e. The Kier molecular flexibility index (Phi) is 7.42. The van der Waals surface area contributed by atoms with Crippen LogP contribution in [0.5, 0.6) is 0 Å². The lowest BCUT2D eigenvalue weighted by Gasteiger charge is -2.15. The van der Waals surface area contributed by atoms with Crippen LogP contribution >= 0.6 is 23.2 Å². The second-order valence-electron chi connectivity index (χ2n) is 8.01. The molecule has 0 saturated carbocycles. The molecule has 0 fully saturated rings. The molecule has 2 atom stereocenters. The predicted molar refractivity (Wildman–Crippen MR) is 125 cm³/mol. The van der Waals surface area contributed by atoms with Gasteiger partial charge in [-0.1, -0.05) is 23.2 Å². The Morgan fingerprint density at radius 3 is 2.32 bits per heavy atom. The molecule has 0 spiro atoms. The van der Waals surface area contributed by atoms with E-state index in [0.717, 1.165) is 21.5 Å². The van der Waals surface area contributed by atoms with Gasteiger partial charge in [-0.15, -0.1) is 10.2 Å². The van der Waals surface area contributed by atoms with Gasteiger partial charge < -0.3 is 10.2 Å². The predicted octanol–water partition coefficient (Wildman–Crippen LogP) is 3.76. The third-order valence-corrected chi connectivity index (χ3v) is 5.79. The largest absolute Gasteiger partial charge is 0.416 e. The first-order chi connectivity index (χ1) is 17.3. The van der Waals surface area contributed by atoms with Gasteiger partial charge in [-0.25, -0.2) is 23.5 Å². The molecular formula is C22H18Cl2F4N6O3. The SMILES string of the molecule is C[C@@H](O)c1nc(Cn2nc(-c3ccc(Cl)cc3)n(C[C@H](O)C(F)(F)F)c2=O)nn1-c1ccc(F)cc1Cl. The van der Waals surface area contributed by atoms with Crippen LogP contribution in [-0.4, -0.2) is 51.6 Å². The van der Waals surface area contributed by atoms with Gasteiger partial charge in [-0.3, -0.25) is 4.57 Å². The number of alkyl halides is 3. The van der Waals surface area contributed by atoms with Gasteiger partial charge in [0.05, 0.1) is 17.3 Å². The van der Waals surface area contributed by atoms with Gasteiger partial charge in [0.2, 0.25) is 0 Å². The molecule has 15 heteroatoms. The van der Waals surface area contributed by atoms with Crippen LogP contribution in [0.4, 0.5) is 17.6 Å². The summed E-state index contributed by atoms with van der Waals surface area (Å²) >= 11 is 12.0. The molecule has 2 aromatic carbocycles. The second-order valence-corrected chi connectivity index (χ2v) is 8.85. The van der Waals surface area contributed by atoms with Crippen molar-refractivity contribution in [2.45, 2.75) is 38.4 Å². The summed E-state index contributed by atoms with van der Waals surface area (Å²) in [5, 5.41) is 28.5. The van der Waals surface area contributed by atoms with Crippen molar-refractivity contribution < 1.29 is 27.8 Å². The van der Waals surface area contributed by atoms with Crippen molar-refractivity contribution in [3.05, 3.63) is 80.5 Å². The van der Waals surface area contributed by atoms with Gasteiger partial charge in [0.15, 0.2) is 23.6 Å². The molecule has 2 heterocycles. The van der Waals surface area contributed by atoms with E-state index in [1.54, 1.807) is 0 Å². The number of aliphatic hydroxyl groups excluding tert-OH is 2. The Bertz CT molecular complexity index is 1480. The Morgan fingerprint density at radius 2 is 1.73 bits per heavy atom. The number of benzene rings is 2. The zero-order valence-corrected chi connectivity index (χ0v) is 20.4. The van der Waals surface area contributed by atoms with E-state index in [2.05, 4.69) is 15.2 Å². The van der Waals surface area contributed by atoms with Crippen LogP contribution in [-0.2, 0) is 13.1 Å². The average molecular weight is 561 g/mol. The van der Waals surface area contributed by atoms with Gasteiger partial charge in [0.1, 0.15) is 18.5 Å². The van der Waals surface area contributed by atoms with Crippen molar-refractivity contribution >= 4 is 23.2 Å². The van der Waals surface area contributed by atoms with Gasteiger partial charge in [0, 0.05) is 10.6 Å². The van der Waals surface area contributed by atoms with Crippen LogP contribution in [0.2, 0.25) is 10.0 Å². The number of hydrogen-bond donors (Lipinski definition) is 2. The Balaban J connectivity index is 1.78. The van der Waals surface area contributed by atoms with Gasteiger partial charge in [0.25, 0.3) is 0 Å². The van der Waals surface area contributed by atoms with Crippen LogP contribution in [0.25, 0.3) is 17.1 Å². The summed E-state index contributed by atoms with van der Waals surface area (Å²) in [5.41, 5.74) is -0.496. The van der Waals surface area contributed by atoms with Gasteiger partial charge >= 0.3 is 11.9 Å². The monoisotopic (exact) mass is 560 g/mol. The van der Waals surface area contributed by atoms with E-state index in [1.165, 1.54) is 37.3 Å². The maximum Gasteiger partial charge on any atom is 0.416 e. The zero-order valence-electron chi connectivity index (χ0n) is 18.9. The smallest absolute Gasteiger partial charge is 0.385 e. The summed E-state index contributed by atoms with van der Waals surface area (Å²) in [6.45, 7) is -0.105. The van der Waals surface area contributed by atoms with Crippen LogP contribution < -0.4 is 5.69 Å². The number of hydrogen-bond acceptors (Lipinski definition) is 6. The van der Waals surface area contributed by atoms with E-state index >= 15 is 0 Å². The van der Waals surface area contributed by atoms with E-state index in [-0.39, 0.29) is 33.7 Å². The minimum atomic E-state index is -4.97. The molecule has 9 nitrogen and oxygen atoms in total. The average Bonchev–Trinajstić information content (AvgIpc) is 3.36. The highest BCUT2D eigenvalue weighted by Gasteiger charge is 2.39. The van der Waals surface area contributed by atoms with Crippen LogP contribution in [0.1, 0.15) is 24.7 Å². The molecule has 0 unspecified atom stereocenters. The summed E-state index contributed by atoms with van der Waals surface area (Å²) in [5.74, 6) is -0.772. The van der Waals surface area contributed by atoms with Crippen molar-refractivity contribution in [3.63, 3.8) is 0 Å². The van der Waals surface area contributed by atoms with Crippen molar-refractivity contribution in [2.24, 2.45) is 0 Å². The molecule has 0 amide bonds. The third-order valence-electron chi connectivity index (χ3n) is 5.24. The quantitative estimate of drug-likeness (QED) is 0.333. The van der Waals surface area contributed by atoms with E-state index in [0.29, 0.717) is 9.59 Å². The standard InChI is InChI=1S/C22H18Cl2F4N6O3/c1-11(35)19-29-18(30-34(19)16-7-6-14(25)8-15(16)24)10-33-21(37)32(9-17(36)22(26,27)28)20(31-33)12-2-4-13(23)5-3-12/h2-8,11,17,35-36H,9-10H2,1H3/t11-,17+/m1/s1. The van der Waals surface area contributed by atoms with E-state index < -0.39 is 43.0 Å². The Morgan fingerprint density at radius 1 is 1.05 bits per heavy atom. The highest BCUT2D eigenvalue weighted by Crippen LogP contribution is 2.26. The molecule has 4 aromatic rings. The van der Waals surface area contributed by atoms with E-state index in [4.69, 9.17) is 23.2 Å². The number of rotatable bonds is 7. The molecule has 0 aliphatic heterocycles. The van der Waals surface area contributed by atoms with Gasteiger partial charge in [-0.05, 0) is 49.4 Å². The summed E-state index contributed by atoms with van der Waals surface area (Å²) < 4.78 is 55.4. The van der Waals surface area contributed by atoms with E-state index in [1.807, 2.05) is 0 Å². The number of halogens is 6. The topological polar surface area (TPSA) is 111 Å². The summed E-state index contributed by atoms with van der Waals surface area (Å²) in [6.07, 6.45) is -8.95. The molecular weight excluding hydrogens is 543 g/mol. The summed E-state index contributed by atoms with van der Waals surface area (Å²) in [6, 6.07) is 9.34. The lowest BCUT2D eigenvalue weighted by molar-refractivity contribution is -0.207. The van der Waals surface area contributed by atoms with Crippen LogP contribution in [0.15, 0.2) is 47.3 Å². The molecule has 2 aromatic heterocycles. The van der Waals surface area contributed by atoms with Crippen molar-refractivity contribution in [2.75, 3.05) is 0 Å². The lowest BCUT2D eigenvalue weighted by atomic mass is 10.2. The fourth-order valence-corrected chi connectivity index (χ4v) is 3.84. The first-order valence-electron chi connectivity index (χ1n) is 10.6. The summed E-state index contributed by atoms with van der Waals surface area (Å²) in [4.78, 5) is 17.3. The molecule has 0 aliphatic rings. The van der Waals surface area contributed by atoms with Crippen molar-refractivity contribution in [1.29, 1.82) is 0 Å². The highest BCUT2D eigenvalue weighted by molar-refractivity contribution is 6.32. The number of nitrogens with zero attached hydrogens (tertiary/aromatic N) is 6. The third kappa shape index (κ3) is 5.69. The molecule has 0 radical (unpaired) electrons. The number of aromatic nitrogens is 6. The van der Waals surface area contributed by atoms with E-state index in [9.17, 15) is 32.6 Å². The normalized spacial score (nSPS) is 13.6. The first kappa shape index (κ1) is 26.8. The van der Waals surface area contributed by atoms with Gasteiger partial charge in [-0.2, -0.15) is 13.2 Å². The molecule has 196 valence electrons. The zero-order chi connectivity index (χ0) is 27.1. The molecule has 0 aliphatic carbocycles. The van der Waals surface area contributed by atoms with Crippen LogP contribution in [0, 0.1) is 5.82 Å².